The van der Waals surface area contributed by atoms with Gasteiger partial charge in [0.25, 0.3) is 5.78 Å². The molecule has 0 bridgehead atoms. The summed E-state index contributed by atoms with van der Waals surface area (Å²) >= 11 is 11.7. The SMILES string of the molecule is O=C(O)C(=O)C=Cc1c(-c2ccc(F)cc2F)cc(Cl)nc1Cl. The number of carboxylic acid groups (broad SMARTS) is 1. The van der Waals surface area contributed by atoms with Crippen LogP contribution in [0.5, 0.6) is 0 Å². The summed E-state index contributed by atoms with van der Waals surface area (Å²) in [7, 11) is 0. The van der Waals surface area contributed by atoms with Crippen LogP contribution in [-0.2, 0) is 9.59 Å². The Balaban J connectivity index is 2.63. The molecule has 0 aliphatic heterocycles. The maximum absolute atomic E-state index is 14.0. The van der Waals surface area contributed by atoms with Crippen LogP contribution in [0.25, 0.3) is 17.2 Å². The number of aliphatic carboxylic acids is 1. The second kappa shape index (κ2) is 6.85. The number of benzene rings is 1. The average Bonchev–Trinajstić information content (AvgIpc) is 2.45. The van der Waals surface area contributed by atoms with Crippen LogP contribution in [-0.4, -0.2) is 21.8 Å². The first kappa shape index (κ1) is 17.1. The first-order valence-electron chi connectivity index (χ1n) is 6.06. The Morgan fingerprint density at radius 3 is 2.43 bits per heavy atom. The summed E-state index contributed by atoms with van der Waals surface area (Å²) in [5.41, 5.74) is 0.193. The van der Waals surface area contributed by atoms with Gasteiger partial charge in [0.1, 0.15) is 21.9 Å². The summed E-state index contributed by atoms with van der Waals surface area (Å²) in [5.74, 6) is -4.49. The van der Waals surface area contributed by atoms with Crippen molar-refractivity contribution in [2.45, 2.75) is 0 Å². The molecule has 2 aromatic rings. The van der Waals surface area contributed by atoms with E-state index in [9.17, 15) is 18.4 Å². The highest BCUT2D eigenvalue weighted by Gasteiger charge is 2.15. The first-order chi connectivity index (χ1) is 10.8. The summed E-state index contributed by atoms with van der Waals surface area (Å²) in [6, 6.07) is 4.15. The third-order valence-electron chi connectivity index (χ3n) is 2.81. The normalized spacial score (nSPS) is 11.0. The summed E-state index contributed by atoms with van der Waals surface area (Å²) in [5, 5.41) is 8.35. The number of carboxylic acids is 1. The predicted octanol–water partition coefficient (Wildman–Crippen LogP) is 4.00. The first-order valence-corrected chi connectivity index (χ1v) is 6.82. The molecule has 0 spiro atoms. The minimum absolute atomic E-state index is 0.0278. The Bertz CT molecular complexity index is 838. The number of aromatic nitrogens is 1. The van der Waals surface area contributed by atoms with Crippen LogP contribution in [0.1, 0.15) is 5.56 Å². The molecule has 0 aliphatic rings. The van der Waals surface area contributed by atoms with Gasteiger partial charge in [-0.25, -0.2) is 18.6 Å². The molecule has 0 saturated carbocycles. The topological polar surface area (TPSA) is 67.3 Å². The monoisotopic (exact) mass is 357 g/mol. The maximum atomic E-state index is 14.0. The van der Waals surface area contributed by atoms with Crippen LogP contribution in [0.3, 0.4) is 0 Å². The Kier molecular flexibility index (Phi) is 5.08. The fraction of sp³-hybridized carbons (Fsp3) is 0. The van der Waals surface area contributed by atoms with E-state index in [2.05, 4.69) is 4.98 Å². The lowest BCUT2D eigenvalue weighted by atomic mass is 10.0. The number of halogens is 4. The quantitative estimate of drug-likeness (QED) is 0.510. The molecule has 0 saturated heterocycles. The number of pyridine rings is 1. The lowest BCUT2D eigenvalue weighted by Gasteiger charge is -2.10. The molecule has 1 N–H and O–H groups in total. The molecule has 2 rings (SSSR count). The highest BCUT2D eigenvalue weighted by Crippen LogP contribution is 2.33. The summed E-state index contributed by atoms with van der Waals surface area (Å²) < 4.78 is 27.0. The van der Waals surface area contributed by atoms with Crippen LogP contribution in [0.4, 0.5) is 8.78 Å². The van der Waals surface area contributed by atoms with Gasteiger partial charge in [0.05, 0.1) is 0 Å². The van der Waals surface area contributed by atoms with E-state index in [-0.39, 0.29) is 27.0 Å². The molecule has 118 valence electrons. The van der Waals surface area contributed by atoms with Crippen LogP contribution >= 0.6 is 23.2 Å². The number of hydrogen-bond acceptors (Lipinski definition) is 3. The molecule has 8 heteroatoms. The van der Waals surface area contributed by atoms with Crippen molar-refractivity contribution in [1.29, 1.82) is 0 Å². The number of ketones is 1. The van der Waals surface area contributed by atoms with Gasteiger partial charge in [-0.15, -0.1) is 0 Å². The Morgan fingerprint density at radius 1 is 1.13 bits per heavy atom. The fourth-order valence-corrected chi connectivity index (χ4v) is 2.31. The zero-order valence-electron chi connectivity index (χ0n) is 11.2. The highest BCUT2D eigenvalue weighted by atomic mass is 35.5. The standard InChI is InChI=1S/C15H7Cl2F2NO3/c16-13-6-10(8-2-1-7(18)5-11(8)19)9(14(17)20-13)3-4-12(21)15(22)23/h1-6H,(H,22,23). The molecule has 0 unspecified atom stereocenters. The van der Waals surface area contributed by atoms with E-state index in [1.54, 1.807) is 0 Å². The third kappa shape index (κ3) is 3.91. The van der Waals surface area contributed by atoms with Gasteiger partial charge >= 0.3 is 5.97 Å². The van der Waals surface area contributed by atoms with E-state index in [0.717, 1.165) is 18.2 Å². The van der Waals surface area contributed by atoms with E-state index in [1.165, 1.54) is 12.1 Å². The van der Waals surface area contributed by atoms with Gasteiger partial charge in [-0.1, -0.05) is 23.2 Å². The van der Waals surface area contributed by atoms with Gasteiger partial charge in [0, 0.05) is 17.2 Å². The summed E-state index contributed by atoms with van der Waals surface area (Å²) in [6.07, 6.45) is 1.84. The van der Waals surface area contributed by atoms with E-state index in [0.29, 0.717) is 6.07 Å². The number of nitrogens with zero attached hydrogens (tertiary/aromatic N) is 1. The molecule has 23 heavy (non-hydrogen) atoms. The van der Waals surface area contributed by atoms with Crippen molar-refractivity contribution in [3.63, 3.8) is 0 Å². The van der Waals surface area contributed by atoms with Crippen molar-refractivity contribution >= 4 is 41.0 Å². The smallest absolute Gasteiger partial charge is 0.376 e. The van der Waals surface area contributed by atoms with Crippen molar-refractivity contribution in [3.05, 3.63) is 57.8 Å². The van der Waals surface area contributed by atoms with Gasteiger partial charge in [-0.2, -0.15) is 0 Å². The van der Waals surface area contributed by atoms with Gasteiger partial charge in [0.15, 0.2) is 0 Å². The van der Waals surface area contributed by atoms with Crippen molar-refractivity contribution < 1.29 is 23.5 Å². The van der Waals surface area contributed by atoms with Crippen LogP contribution in [0.15, 0.2) is 30.3 Å². The molecular formula is C15H7Cl2F2NO3. The highest BCUT2D eigenvalue weighted by molar-refractivity contribution is 6.39. The zero-order valence-corrected chi connectivity index (χ0v) is 12.7. The molecule has 1 heterocycles. The van der Waals surface area contributed by atoms with Crippen LogP contribution < -0.4 is 0 Å². The molecule has 1 aromatic carbocycles. The Hall–Kier alpha value is -2.31. The van der Waals surface area contributed by atoms with Crippen molar-refractivity contribution in [2.24, 2.45) is 0 Å². The molecule has 0 amide bonds. The van der Waals surface area contributed by atoms with Crippen molar-refractivity contribution in [2.75, 3.05) is 0 Å². The van der Waals surface area contributed by atoms with E-state index < -0.39 is 23.4 Å². The van der Waals surface area contributed by atoms with Crippen LogP contribution in [0, 0.1) is 11.6 Å². The molecule has 0 aliphatic carbocycles. The molecule has 0 radical (unpaired) electrons. The summed E-state index contributed by atoms with van der Waals surface area (Å²) in [4.78, 5) is 25.4. The lowest BCUT2D eigenvalue weighted by molar-refractivity contribution is -0.146. The Morgan fingerprint density at radius 2 is 1.83 bits per heavy atom. The number of carbonyl (C=O) groups is 2. The van der Waals surface area contributed by atoms with Crippen molar-refractivity contribution in [1.82, 2.24) is 4.98 Å². The maximum Gasteiger partial charge on any atom is 0.376 e. The van der Waals surface area contributed by atoms with Crippen molar-refractivity contribution in [3.8, 4) is 11.1 Å². The number of hydrogen-bond donors (Lipinski definition) is 1. The molecular weight excluding hydrogens is 351 g/mol. The van der Waals surface area contributed by atoms with E-state index in [1.807, 2.05) is 0 Å². The van der Waals surface area contributed by atoms with Gasteiger partial charge < -0.3 is 5.11 Å². The number of carbonyl (C=O) groups excluding carboxylic acids is 1. The molecule has 4 nitrogen and oxygen atoms in total. The van der Waals surface area contributed by atoms with Gasteiger partial charge in [-0.3, -0.25) is 4.79 Å². The lowest BCUT2D eigenvalue weighted by Crippen LogP contribution is -2.08. The average molecular weight is 358 g/mol. The van der Waals surface area contributed by atoms with E-state index in [4.69, 9.17) is 28.3 Å². The van der Waals surface area contributed by atoms with Gasteiger partial charge in [-0.05, 0) is 35.9 Å². The minimum Gasteiger partial charge on any atom is -0.475 e. The number of rotatable bonds is 4. The fourth-order valence-electron chi connectivity index (χ4n) is 1.81. The van der Waals surface area contributed by atoms with E-state index >= 15 is 0 Å². The molecule has 1 aromatic heterocycles. The largest absolute Gasteiger partial charge is 0.475 e. The molecule has 0 fully saturated rings. The summed E-state index contributed by atoms with van der Waals surface area (Å²) in [6.45, 7) is 0. The van der Waals surface area contributed by atoms with Crippen LogP contribution in [0.2, 0.25) is 10.3 Å². The second-order valence-corrected chi connectivity index (χ2v) is 5.07. The molecule has 0 atom stereocenters. The minimum atomic E-state index is -1.66. The van der Waals surface area contributed by atoms with Gasteiger partial charge in [0.2, 0.25) is 0 Å². The third-order valence-corrected chi connectivity index (χ3v) is 3.30. The zero-order chi connectivity index (χ0) is 17.1. The predicted molar refractivity (Wildman–Crippen MR) is 81.3 cm³/mol. The second-order valence-electron chi connectivity index (χ2n) is 4.32. The Labute approximate surface area is 139 Å².